The van der Waals surface area contributed by atoms with Crippen LogP contribution >= 0.6 is 0 Å². The number of hydrogen-bond acceptors (Lipinski definition) is 3. The van der Waals surface area contributed by atoms with Crippen LogP contribution in [0.5, 0.6) is 5.75 Å². The summed E-state index contributed by atoms with van der Waals surface area (Å²) in [4.78, 5) is 22.0. The molecule has 16 heavy (non-hydrogen) atoms. The minimum atomic E-state index is -1.07. The second-order valence-corrected chi connectivity index (χ2v) is 3.17. The van der Waals surface area contributed by atoms with E-state index in [4.69, 9.17) is 9.84 Å². The van der Waals surface area contributed by atoms with E-state index in [2.05, 4.69) is 6.58 Å². The van der Waals surface area contributed by atoms with Crippen molar-refractivity contribution < 1.29 is 19.4 Å². The third-order valence-electron chi connectivity index (χ3n) is 1.96. The first-order chi connectivity index (χ1) is 7.56. The van der Waals surface area contributed by atoms with Gasteiger partial charge in [0.15, 0.2) is 5.78 Å². The van der Waals surface area contributed by atoms with Crippen LogP contribution in [-0.2, 0) is 0 Å². The van der Waals surface area contributed by atoms with Gasteiger partial charge in [0.25, 0.3) is 0 Å². The van der Waals surface area contributed by atoms with Crippen molar-refractivity contribution in [3.8, 4) is 5.75 Å². The summed E-state index contributed by atoms with van der Waals surface area (Å²) in [7, 11) is 0. The molecule has 0 unspecified atom stereocenters. The van der Waals surface area contributed by atoms with E-state index in [-0.39, 0.29) is 23.5 Å². The van der Waals surface area contributed by atoms with Crippen LogP contribution in [-0.4, -0.2) is 23.5 Å². The summed E-state index contributed by atoms with van der Waals surface area (Å²) in [6.07, 6.45) is 1.55. The van der Waals surface area contributed by atoms with Crippen LogP contribution in [0.1, 0.15) is 27.6 Å². The summed E-state index contributed by atoms with van der Waals surface area (Å²) in [6.45, 7) is 5.13. The number of aromatic carboxylic acids is 1. The molecule has 1 aromatic rings. The van der Waals surface area contributed by atoms with Crippen molar-refractivity contribution in [2.24, 2.45) is 0 Å². The van der Waals surface area contributed by atoms with Crippen molar-refractivity contribution in [1.29, 1.82) is 0 Å². The molecule has 0 aliphatic heterocycles. The Bertz CT molecular complexity index is 435. The molecule has 84 valence electrons. The molecule has 0 spiro atoms. The fraction of sp³-hybridized carbons (Fsp3) is 0.167. The van der Waals surface area contributed by atoms with Crippen molar-refractivity contribution in [3.63, 3.8) is 0 Å². The van der Waals surface area contributed by atoms with Gasteiger partial charge in [0.05, 0.1) is 11.1 Å². The van der Waals surface area contributed by atoms with Gasteiger partial charge in [-0.3, -0.25) is 4.79 Å². The minimum Gasteiger partial charge on any atom is -0.489 e. The highest BCUT2D eigenvalue weighted by atomic mass is 16.5. The van der Waals surface area contributed by atoms with Crippen LogP contribution in [0.15, 0.2) is 30.9 Å². The molecule has 0 radical (unpaired) electrons. The summed E-state index contributed by atoms with van der Waals surface area (Å²) in [5.41, 5.74) is 0.331. The normalized spacial score (nSPS) is 9.56. The molecular formula is C12H12O4. The van der Waals surface area contributed by atoms with E-state index in [9.17, 15) is 9.59 Å². The van der Waals surface area contributed by atoms with Gasteiger partial charge in [0.1, 0.15) is 12.4 Å². The molecular weight excluding hydrogens is 208 g/mol. The van der Waals surface area contributed by atoms with Crippen molar-refractivity contribution >= 4 is 11.8 Å². The van der Waals surface area contributed by atoms with Crippen molar-refractivity contribution in [2.75, 3.05) is 6.61 Å². The number of benzene rings is 1. The Labute approximate surface area is 93.2 Å². The molecule has 0 aliphatic carbocycles. The van der Waals surface area contributed by atoms with Gasteiger partial charge in [-0.15, -0.1) is 0 Å². The highest BCUT2D eigenvalue weighted by Crippen LogP contribution is 2.21. The van der Waals surface area contributed by atoms with E-state index in [1.54, 1.807) is 6.08 Å². The Hall–Kier alpha value is -2.10. The number of carbonyl (C=O) groups excluding carboxylic acids is 1. The first-order valence-electron chi connectivity index (χ1n) is 4.68. The van der Waals surface area contributed by atoms with Crippen molar-refractivity contribution in [3.05, 3.63) is 42.0 Å². The predicted octanol–water partition coefficient (Wildman–Crippen LogP) is 2.15. The first-order valence-corrected chi connectivity index (χ1v) is 4.68. The Balaban J connectivity index is 3.13. The van der Waals surface area contributed by atoms with Gasteiger partial charge >= 0.3 is 5.97 Å². The number of carbonyl (C=O) groups is 2. The molecule has 0 atom stereocenters. The second-order valence-electron chi connectivity index (χ2n) is 3.17. The lowest BCUT2D eigenvalue weighted by atomic mass is 10.1. The van der Waals surface area contributed by atoms with Crippen LogP contribution in [0.25, 0.3) is 0 Å². The summed E-state index contributed by atoms with van der Waals surface area (Å²) < 4.78 is 5.25. The zero-order valence-electron chi connectivity index (χ0n) is 8.90. The third-order valence-corrected chi connectivity index (χ3v) is 1.96. The summed E-state index contributed by atoms with van der Waals surface area (Å²) >= 11 is 0. The molecule has 0 heterocycles. The van der Waals surface area contributed by atoms with Gasteiger partial charge in [-0.25, -0.2) is 4.79 Å². The standard InChI is InChI=1S/C12H12O4/c1-3-6-16-11-5-4-9(12(14)15)7-10(11)8(2)13/h3-5,7H,1,6H2,2H3,(H,14,15). The Morgan fingerprint density at radius 2 is 2.19 bits per heavy atom. The highest BCUT2D eigenvalue weighted by molar-refractivity contribution is 5.99. The van der Waals surface area contributed by atoms with E-state index in [1.807, 2.05) is 0 Å². The molecule has 1 N–H and O–H groups in total. The molecule has 0 saturated carbocycles. The number of hydrogen-bond donors (Lipinski definition) is 1. The van der Waals surface area contributed by atoms with E-state index >= 15 is 0 Å². The molecule has 0 aromatic heterocycles. The maximum atomic E-state index is 11.3. The summed E-state index contributed by atoms with van der Waals surface area (Å²) in [5.74, 6) is -0.933. The van der Waals surface area contributed by atoms with Gasteiger partial charge in [-0.2, -0.15) is 0 Å². The smallest absolute Gasteiger partial charge is 0.335 e. The van der Waals surface area contributed by atoms with Crippen LogP contribution in [0, 0.1) is 0 Å². The molecule has 4 heteroatoms. The van der Waals surface area contributed by atoms with Gasteiger partial charge in [-0.05, 0) is 25.1 Å². The quantitative estimate of drug-likeness (QED) is 0.610. The molecule has 0 bridgehead atoms. The zero-order valence-corrected chi connectivity index (χ0v) is 8.90. The van der Waals surface area contributed by atoms with E-state index in [1.165, 1.54) is 25.1 Å². The number of ether oxygens (including phenoxy) is 1. The van der Waals surface area contributed by atoms with Crippen LogP contribution in [0.2, 0.25) is 0 Å². The SMILES string of the molecule is C=CCOc1ccc(C(=O)O)cc1C(C)=O. The minimum absolute atomic E-state index is 0.0659. The van der Waals surface area contributed by atoms with Gasteiger partial charge in [-0.1, -0.05) is 12.7 Å². The molecule has 0 saturated heterocycles. The third kappa shape index (κ3) is 2.70. The topological polar surface area (TPSA) is 63.6 Å². The van der Waals surface area contributed by atoms with Crippen LogP contribution in [0.3, 0.4) is 0 Å². The monoisotopic (exact) mass is 220 g/mol. The van der Waals surface area contributed by atoms with Crippen LogP contribution in [0.4, 0.5) is 0 Å². The highest BCUT2D eigenvalue weighted by Gasteiger charge is 2.12. The molecule has 1 aromatic carbocycles. The number of carboxylic acid groups (broad SMARTS) is 1. The van der Waals surface area contributed by atoms with Crippen molar-refractivity contribution in [2.45, 2.75) is 6.92 Å². The Morgan fingerprint density at radius 3 is 2.69 bits per heavy atom. The van der Waals surface area contributed by atoms with Gasteiger partial charge < -0.3 is 9.84 Å². The van der Waals surface area contributed by atoms with Gasteiger partial charge in [0.2, 0.25) is 0 Å². The summed E-state index contributed by atoms with van der Waals surface area (Å²) in [5, 5.41) is 8.79. The maximum absolute atomic E-state index is 11.3. The molecule has 4 nitrogen and oxygen atoms in total. The molecule has 1 rings (SSSR count). The zero-order chi connectivity index (χ0) is 12.1. The lowest BCUT2D eigenvalue weighted by Gasteiger charge is -2.08. The Morgan fingerprint density at radius 1 is 1.50 bits per heavy atom. The maximum Gasteiger partial charge on any atom is 0.335 e. The van der Waals surface area contributed by atoms with Crippen molar-refractivity contribution in [1.82, 2.24) is 0 Å². The van der Waals surface area contributed by atoms with Crippen LogP contribution < -0.4 is 4.74 Å². The van der Waals surface area contributed by atoms with E-state index in [0.717, 1.165) is 0 Å². The molecule has 0 aliphatic rings. The average molecular weight is 220 g/mol. The number of ketones is 1. The number of Topliss-reactive ketones (excluding diaryl/α,β-unsaturated/α-hetero) is 1. The summed E-state index contributed by atoms with van der Waals surface area (Å²) in [6, 6.07) is 4.18. The largest absolute Gasteiger partial charge is 0.489 e. The number of carboxylic acids is 1. The predicted molar refractivity (Wildman–Crippen MR) is 59.1 cm³/mol. The lowest BCUT2D eigenvalue weighted by molar-refractivity contribution is 0.0697. The lowest BCUT2D eigenvalue weighted by Crippen LogP contribution is -2.04. The second kappa shape index (κ2) is 5.11. The first kappa shape index (κ1) is 12.0. The van der Waals surface area contributed by atoms with E-state index < -0.39 is 5.97 Å². The van der Waals surface area contributed by atoms with Gasteiger partial charge in [0, 0.05) is 0 Å². The molecule has 0 amide bonds. The average Bonchev–Trinajstić information content (AvgIpc) is 2.25. The number of rotatable bonds is 5. The molecule has 0 fully saturated rings. The Kier molecular flexibility index (Phi) is 3.83. The fourth-order valence-electron chi connectivity index (χ4n) is 1.21. The fourth-order valence-corrected chi connectivity index (χ4v) is 1.21. The van der Waals surface area contributed by atoms with E-state index in [0.29, 0.717) is 5.75 Å².